The fourth-order valence-corrected chi connectivity index (χ4v) is 6.02. The number of nitrogens with zero attached hydrogens (tertiary/aromatic N) is 1. The Morgan fingerprint density at radius 3 is 2.68 bits per heavy atom. The molecular weight excluding hydrogens is 414 g/mol. The topological polar surface area (TPSA) is 87.7 Å². The molecule has 5 rings (SSSR count). The molecule has 4 amide bonds. The van der Waals surface area contributed by atoms with Crippen LogP contribution in [0.4, 0.5) is 4.79 Å². The highest BCUT2D eigenvalue weighted by Crippen LogP contribution is 2.46. The van der Waals surface area contributed by atoms with Crippen LogP contribution in [0, 0.1) is 0 Å². The van der Waals surface area contributed by atoms with Gasteiger partial charge in [-0.3, -0.25) is 14.9 Å². The van der Waals surface area contributed by atoms with Crippen molar-refractivity contribution in [3.05, 3.63) is 46.8 Å². The smallest absolute Gasteiger partial charge is 0.322 e. The van der Waals surface area contributed by atoms with E-state index in [0.717, 1.165) is 19.3 Å². The van der Waals surface area contributed by atoms with Crippen molar-refractivity contribution in [3.8, 4) is 10.4 Å². The normalized spacial score (nSPS) is 22.2. The zero-order chi connectivity index (χ0) is 21.4. The number of nitrogens with one attached hydrogen (secondary N) is 2. The lowest BCUT2D eigenvalue weighted by atomic mass is 9.82. The van der Waals surface area contributed by atoms with Crippen LogP contribution in [-0.4, -0.2) is 48.5 Å². The van der Waals surface area contributed by atoms with Crippen molar-refractivity contribution in [1.29, 1.82) is 0 Å². The van der Waals surface area contributed by atoms with Crippen LogP contribution < -0.4 is 10.6 Å². The predicted octanol–water partition coefficient (Wildman–Crippen LogP) is 2.79. The first-order valence-electron chi connectivity index (χ1n) is 10.8. The lowest BCUT2D eigenvalue weighted by Gasteiger charge is -2.44. The third-order valence-electron chi connectivity index (χ3n) is 6.49. The zero-order valence-corrected chi connectivity index (χ0v) is 18.0. The van der Waals surface area contributed by atoms with Gasteiger partial charge in [0.1, 0.15) is 6.04 Å². The lowest BCUT2D eigenvalue weighted by Crippen LogP contribution is -2.48. The summed E-state index contributed by atoms with van der Waals surface area (Å²) in [5, 5.41) is 4.75. The molecule has 2 aromatic rings. The van der Waals surface area contributed by atoms with Gasteiger partial charge in [0.15, 0.2) is 0 Å². The standard InChI is InChI=1S/C23H25N3O4S/c27-20(7-6-17-21(28)25-22(29)24-17)26-11-9-23(10-12-26)16-14-19(15-4-2-1-3-5-15)31-18(16)8-13-30-23/h1-5,14,17H,6-13H2,(H2,24,25,28,29)/t17-/m0/s1. The van der Waals surface area contributed by atoms with E-state index in [4.69, 9.17) is 4.74 Å². The number of hydrogen-bond acceptors (Lipinski definition) is 5. The molecule has 0 radical (unpaired) electrons. The maximum atomic E-state index is 12.7. The van der Waals surface area contributed by atoms with Crippen LogP contribution in [0.15, 0.2) is 36.4 Å². The summed E-state index contributed by atoms with van der Waals surface area (Å²) < 4.78 is 6.35. The molecule has 8 heteroatoms. The summed E-state index contributed by atoms with van der Waals surface area (Å²) in [6.07, 6.45) is 3.05. The van der Waals surface area contributed by atoms with Crippen LogP contribution in [0.25, 0.3) is 10.4 Å². The number of piperidine rings is 1. The third-order valence-corrected chi connectivity index (χ3v) is 7.74. The first-order valence-corrected chi connectivity index (χ1v) is 11.6. The second-order valence-corrected chi connectivity index (χ2v) is 9.48. The second-order valence-electron chi connectivity index (χ2n) is 8.34. The number of benzene rings is 1. The Hall–Kier alpha value is -2.71. The Balaban J connectivity index is 1.24. The largest absolute Gasteiger partial charge is 0.370 e. The number of carbonyl (C=O) groups excluding carboxylic acids is 3. The van der Waals surface area contributed by atoms with Gasteiger partial charge >= 0.3 is 6.03 Å². The molecule has 3 aliphatic rings. The van der Waals surface area contributed by atoms with Crippen LogP contribution in [0.3, 0.4) is 0 Å². The summed E-state index contributed by atoms with van der Waals surface area (Å²) in [6, 6.07) is 11.6. The van der Waals surface area contributed by atoms with E-state index in [1.807, 2.05) is 22.3 Å². The van der Waals surface area contributed by atoms with Crippen LogP contribution in [0.2, 0.25) is 0 Å². The summed E-state index contributed by atoms with van der Waals surface area (Å²) >= 11 is 1.85. The molecule has 2 saturated heterocycles. The fourth-order valence-electron chi connectivity index (χ4n) is 4.78. The molecule has 1 aromatic carbocycles. The summed E-state index contributed by atoms with van der Waals surface area (Å²) in [6.45, 7) is 1.99. The first kappa shape index (κ1) is 20.2. The van der Waals surface area contributed by atoms with Gasteiger partial charge in [0.25, 0.3) is 5.91 Å². The van der Waals surface area contributed by atoms with E-state index in [2.05, 4.69) is 41.0 Å². The number of thiophene rings is 1. The minimum atomic E-state index is -0.612. The van der Waals surface area contributed by atoms with Crippen molar-refractivity contribution in [1.82, 2.24) is 15.5 Å². The van der Waals surface area contributed by atoms with E-state index in [1.54, 1.807) is 0 Å². The SMILES string of the molecule is O=C1NC(=O)[C@H](CCC(=O)N2CCC3(CC2)OCCc2sc(-c4ccccc4)cc23)N1. The van der Waals surface area contributed by atoms with E-state index < -0.39 is 12.1 Å². The number of rotatable bonds is 4. The van der Waals surface area contributed by atoms with Crippen molar-refractivity contribution in [2.24, 2.45) is 0 Å². The third kappa shape index (κ3) is 3.85. The molecule has 31 heavy (non-hydrogen) atoms. The van der Waals surface area contributed by atoms with Crippen LogP contribution in [0.5, 0.6) is 0 Å². The molecule has 0 unspecified atom stereocenters. The van der Waals surface area contributed by atoms with E-state index >= 15 is 0 Å². The molecule has 0 aliphatic carbocycles. The van der Waals surface area contributed by atoms with Gasteiger partial charge in [-0.2, -0.15) is 0 Å². The maximum absolute atomic E-state index is 12.7. The van der Waals surface area contributed by atoms with Crippen molar-refractivity contribution >= 4 is 29.2 Å². The summed E-state index contributed by atoms with van der Waals surface area (Å²) in [7, 11) is 0. The van der Waals surface area contributed by atoms with Crippen LogP contribution in [0.1, 0.15) is 36.1 Å². The minimum absolute atomic E-state index is 0.0233. The molecule has 3 aliphatic heterocycles. The Morgan fingerprint density at radius 1 is 1.19 bits per heavy atom. The Morgan fingerprint density at radius 2 is 1.97 bits per heavy atom. The minimum Gasteiger partial charge on any atom is -0.370 e. The van der Waals surface area contributed by atoms with Crippen molar-refractivity contribution in [2.75, 3.05) is 19.7 Å². The quantitative estimate of drug-likeness (QED) is 0.717. The van der Waals surface area contributed by atoms with Crippen LogP contribution in [-0.2, 0) is 26.3 Å². The summed E-state index contributed by atoms with van der Waals surface area (Å²) in [5.41, 5.74) is 2.21. The highest BCUT2D eigenvalue weighted by atomic mass is 32.1. The van der Waals surface area contributed by atoms with Gasteiger partial charge in [0.05, 0.1) is 12.2 Å². The number of fused-ring (bicyclic) bond motifs is 2. The number of ether oxygens (including phenoxy) is 1. The average molecular weight is 440 g/mol. The predicted molar refractivity (Wildman–Crippen MR) is 117 cm³/mol. The van der Waals surface area contributed by atoms with Crippen molar-refractivity contribution < 1.29 is 19.1 Å². The maximum Gasteiger partial charge on any atom is 0.322 e. The van der Waals surface area contributed by atoms with Gasteiger partial charge in [-0.15, -0.1) is 11.3 Å². The van der Waals surface area contributed by atoms with E-state index in [9.17, 15) is 14.4 Å². The van der Waals surface area contributed by atoms with E-state index in [0.29, 0.717) is 26.1 Å². The Labute approximate surface area is 184 Å². The molecule has 1 atom stereocenters. The average Bonchev–Trinajstić information content (AvgIpc) is 3.37. The molecule has 1 spiro atoms. The summed E-state index contributed by atoms with van der Waals surface area (Å²) in [4.78, 5) is 40.1. The number of carbonyl (C=O) groups is 3. The highest BCUT2D eigenvalue weighted by Gasteiger charge is 2.43. The molecule has 0 saturated carbocycles. The number of imide groups is 1. The lowest BCUT2D eigenvalue weighted by molar-refractivity contribution is -0.140. The first-order chi connectivity index (χ1) is 15.0. The van der Waals surface area contributed by atoms with Gasteiger partial charge in [-0.25, -0.2) is 4.79 Å². The Kier molecular flexibility index (Phi) is 5.27. The van der Waals surface area contributed by atoms with E-state index in [-0.39, 0.29) is 23.8 Å². The van der Waals surface area contributed by atoms with Gasteiger partial charge in [0.2, 0.25) is 5.91 Å². The molecule has 2 N–H and O–H groups in total. The van der Waals surface area contributed by atoms with E-state index in [1.165, 1.54) is 20.9 Å². The number of amides is 4. The van der Waals surface area contributed by atoms with Gasteiger partial charge in [0, 0.05) is 35.7 Å². The molecule has 0 bridgehead atoms. The Bertz CT molecular complexity index is 1010. The fraction of sp³-hybridized carbons (Fsp3) is 0.435. The molecule has 2 fully saturated rings. The molecule has 7 nitrogen and oxygen atoms in total. The molecule has 4 heterocycles. The monoisotopic (exact) mass is 439 g/mol. The number of likely N-dealkylation sites (tertiary alicyclic amines) is 1. The number of hydrogen-bond donors (Lipinski definition) is 2. The van der Waals surface area contributed by atoms with Crippen molar-refractivity contribution in [3.63, 3.8) is 0 Å². The molecule has 162 valence electrons. The van der Waals surface area contributed by atoms with Gasteiger partial charge in [-0.05, 0) is 36.5 Å². The highest BCUT2D eigenvalue weighted by molar-refractivity contribution is 7.15. The van der Waals surface area contributed by atoms with Gasteiger partial charge < -0.3 is 15.0 Å². The van der Waals surface area contributed by atoms with Crippen molar-refractivity contribution in [2.45, 2.75) is 43.7 Å². The van der Waals surface area contributed by atoms with Crippen LogP contribution >= 0.6 is 11.3 Å². The molecule has 1 aromatic heterocycles. The summed E-state index contributed by atoms with van der Waals surface area (Å²) in [5.74, 6) is -0.333. The zero-order valence-electron chi connectivity index (χ0n) is 17.2. The second kappa shape index (κ2) is 8.09. The number of urea groups is 1. The van der Waals surface area contributed by atoms with Gasteiger partial charge in [-0.1, -0.05) is 30.3 Å². The molecular formula is C23H25N3O4S.